The number of urea groups is 1. The highest BCUT2D eigenvalue weighted by Crippen LogP contribution is 2.02. The van der Waals surface area contributed by atoms with Gasteiger partial charge in [0.25, 0.3) is 0 Å². The lowest BCUT2D eigenvalue weighted by Crippen LogP contribution is -2.41. The third-order valence-electron chi connectivity index (χ3n) is 1.98. The Balaban J connectivity index is 3.42. The van der Waals surface area contributed by atoms with E-state index in [1.807, 2.05) is 20.8 Å². The van der Waals surface area contributed by atoms with Gasteiger partial charge in [-0.2, -0.15) is 0 Å². The molecule has 2 amide bonds. The van der Waals surface area contributed by atoms with Gasteiger partial charge in [-0.05, 0) is 19.3 Å². The van der Waals surface area contributed by atoms with Gasteiger partial charge >= 0.3 is 6.03 Å². The van der Waals surface area contributed by atoms with Gasteiger partial charge in [0.2, 0.25) is 0 Å². The van der Waals surface area contributed by atoms with Gasteiger partial charge in [0.15, 0.2) is 0 Å². The first-order valence-corrected chi connectivity index (χ1v) is 5.83. The summed E-state index contributed by atoms with van der Waals surface area (Å²) in [7, 11) is 0. The van der Waals surface area contributed by atoms with E-state index in [9.17, 15) is 9.90 Å². The van der Waals surface area contributed by atoms with E-state index in [1.54, 1.807) is 0 Å². The first-order chi connectivity index (χ1) is 7.56. The smallest absolute Gasteiger partial charge is 0.314 e. The highest BCUT2D eigenvalue weighted by atomic mass is 16.5. The summed E-state index contributed by atoms with van der Waals surface area (Å²) >= 11 is 0. The van der Waals surface area contributed by atoms with Crippen LogP contribution in [0.1, 0.15) is 27.2 Å². The lowest BCUT2D eigenvalue weighted by Gasteiger charge is -2.14. The first kappa shape index (κ1) is 15.2. The van der Waals surface area contributed by atoms with Gasteiger partial charge in [0.1, 0.15) is 0 Å². The van der Waals surface area contributed by atoms with E-state index in [2.05, 4.69) is 10.6 Å². The van der Waals surface area contributed by atoms with Crippen molar-refractivity contribution in [3.8, 4) is 0 Å². The number of nitrogens with one attached hydrogen (secondary N) is 2. The molecule has 1 unspecified atom stereocenters. The van der Waals surface area contributed by atoms with E-state index in [1.165, 1.54) is 0 Å². The minimum atomic E-state index is -0.474. The Hall–Kier alpha value is -0.810. The molecular formula is C11H24N2O3. The maximum absolute atomic E-state index is 11.2. The van der Waals surface area contributed by atoms with Crippen molar-refractivity contribution in [3.63, 3.8) is 0 Å². The molecule has 5 nitrogen and oxygen atoms in total. The molecule has 0 aromatic heterocycles. The molecule has 1 atom stereocenters. The minimum Gasteiger partial charge on any atom is -0.391 e. The summed E-state index contributed by atoms with van der Waals surface area (Å²) in [6.07, 6.45) is 0.219. The van der Waals surface area contributed by atoms with E-state index < -0.39 is 6.10 Å². The Morgan fingerprint density at radius 2 is 2.06 bits per heavy atom. The fraction of sp³-hybridized carbons (Fsp3) is 0.909. The van der Waals surface area contributed by atoms with Gasteiger partial charge in [-0.3, -0.25) is 0 Å². The Morgan fingerprint density at radius 1 is 1.38 bits per heavy atom. The second-order valence-electron chi connectivity index (χ2n) is 4.12. The Bertz CT molecular complexity index is 186. The topological polar surface area (TPSA) is 70.6 Å². The van der Waals surface area contributed by atoms with Crippen molar-refractivity contribution in [2.75, 3.05) is 26.3 Å². The summed E-state index contributed by atoms with van der Waals surface area (Å²) in [6, 6.07) is -0.262. The maximum Gasteiger partial charge on any atom is 0.314 e. The van der Waals surface area contributed by atoms with Crippen LogP contribution in [0.5, 0.6) is 0 Å². The van der Waals surface area contributed by atoms with Crippen LogP contribution in [-0.4, -0.2) is 43.5 Å². The number of hydrogen-bond acceptors (Lipinski definition) is 3. The van der Waals surface area contributed by atoms with Crippen molar-refractivity contribution in [2.24, 2.45) is 5.92 Å². The number of ether oxygens (including phenoxy) is 1. The third kappa shape index (κ3) is 9.73. The highest BCUT2D eigenvalue weighted by molar-refractivity contribution is 5.73. The van der Waals surface area contributed by atoms with Crippen molar-refractivity contribution >= 4 is 6.03 Å². The summed E-state index contributed by atoms with van der Waals surface area (Å²) in [5.74, 6) is 0.429. The molecule has 0 fully saturated rings. The van der Waals surface area contributed by atoms with Crippen LogP contribution in [0.4, 0.5) is 4.79 Å². The van der Waals surface area contributed by atoms with Crippen LogP contribution >= 0.6 is 0 Å². The molecule has 0 aliphatic carbocycles. The normalized spacial score (nSPS) is 12.6. The predicted molar refractivity (Wildman–Crippen MR) is 63.4 cm³/mol. The third-order valence-corrected chi connectivity index (χ3v) is 1.98. The molecule has 0 bridgehead atoms. The van der Waals surface area contributed by atoms with Crippen molar-refractivity contribution in [2.45, 2.75) is 33.3 Å². The SMILES string of the molecule is CCOCCNC(=O)NCC(O)CC(C)C. The molecule has 16 heavy (non-hydrogen) atoms. The van der Waals surface area contributed by atoms with E-state index in [-0.39, 0.29) is 6.03 Å². The number of hydrogen-bond donors (Lipinski definition) is 3. The largest absolute Gasteiger partial charge is 0.391 e. The van der Waals surface area contributed by atoms with Crippen LogP contribution < -0.4 is 10.6 Å². The average Bonchev–Trinajstić information content (AvgIpc) is 2.20. The van der Waals surface area contributed by atoms with Crippen LogP contribution in [0, 0.1) is 5.92 Å². The molecule has 5 heteroatoms. The molecule has 0 saturated carbocycles. The fourth-order valence-electron chi connectivity index (χ4n) is 1.28. The fourth-order valence-corrected chi connectivity index (χ4v) is 1.28. The second-order valence-corrected chi connectivity index (χ2v) is 4.12. The molecule has 0 aromatic rings. The van der Waals surface area contributed by atoms with Crippen LogP contribution in [0.25, 0.3) is 0 Å². The zero-order chi connectivity index (χ0) is 12.4. The van der Waals surface area contributed by atoms with Crippen molar-refractivity contribution in [3.05, 3.63) is 0 Å². The summed E-state index contributed by atoms with van der Waals surface area (Å²) in [6.45, 7) is 7.91. The monoisotopic (exact) mass is 232 g/mol. The molecule has 0 heterocycles. The molecule has 96 valence electrons. The second kappa shape index (κ2) is 9.42. The summed E-state index contributed by atoms with van der Waals surface area (Å²) < 4.78 is 5.07. The molecule has 0 spiro atoms. The number of aliphatic hydroxyl groups is 1. The van der Waals surface area contributed by atoms with Crippen molar-refractivity contribution in [1.29, 1.82) is 0 Å². The van der Waals surface area contributed by atoms with Gasteiger partial charge in [-0.1, -0.05) is 13.8 Å². The highest BCUT2D eigenvalue weighted by Gasteiger charge is 2.08. The van der Waals surface area contributed by atoms with Gasteiger partial charge in [-0.15, -0.1) is 0 Å². The lowest BCUT2D eigenvalue weighted by molar-refractivity contribution is 0.142. The molecular weight excluding hydrogens is 208 g/mol. The molecule has 0 aliphatic rings. The number of carbonyl (C=O) groups is 1. The van der Waals surface area contributed by atoms with Crippen LogP contribution in [-0.2, 0) is 4.74 Å². The van der Waals surface area contributed by atoms with E-state index >= 15 is 0 Å². The van der Waals surface area contributed by atoms with Crippen LogP contribution in [0.15, 0.2) is 0 Å². The van der Waals surface area contributed by atoms with Gasteiger partial charge < -0.3 is 20.5 Å². The Labute approximate surface area is 97.6 Å². The molecule has 0 saturated heterocycles. The summed E-state index contributed by atoms with van der Waals surface area (Å²) in [5, 5.41) is 14.8. The zero-order valence-corrected chi connectivity index (χ0v) is 10.5. The first-order valence-electron chi connectivity index (χ1n) is 5.83. The van der Waals surface area contributed by atoms with Gasteiger partial charge in [0, 0.05) is 19.7 Å². The summed E-state index contributed by atoms with van der Waals surface area (Å²) in [5.41, 5.74) is 0. The summed E-state index contributed by atoms with van der Waals surface area (Å²) in [4.78, 5) is 11.2. The molecule has 3 N–H and O–H groups in total. The van der Waals surface area contributed by atoms with Gasteiger partial charge in [-0.25, -0.2) is 4.79 Å². The van der Waals surface area contributed by atoms with E-state index in [0.29, 0.717) is 38.6 Å². The standard InChI is InChI=1S/C11H24N2O3/c1-4-16-6-5-12-11(15)13-8-10(14)7-9(2)3/h9-10,14H,4-8H2,1-3H3,(H2,12,13,15). The van der Waals surface area contributed by atoms with Crippen molar-refractivity contribution in [1.82, 2.24) is 10.6 Å². The molecule has 0 rings (SSSR count). The van der Waals surface area contributed by atoms with E-state index in [0.717, 1.165) is 0 Å². The zero-order valence-electron chi connectivity index (χ0n) is 10.5. The van der Waals surface area contributed by atoms with Crippen molar-refractivity contribution < 1.29 is 14.6 Å². The molecule has 0 aliphatic heterocycles. The maximum atomic E-state index is 11.2. The minimum absolute atomic E-state index is 0.262. The number of rotatable bonds is 8. The average molecular weight is 232 g/mol. The van der Waals surface area contributed by atoms with Gasteiger partial charge in [0.05, 0.1) is 12.7 Å². The van der Waals surface area contributed by atoms with Crippen LogP contribution in [0.2, 0.25) is 0 Å². The number of aliphatic hydroxyl groups excluding tert-OH is 1. The molecule has 0 aromatic carbocycles. The quantitative estimate of drug-likeness (QED) is 0.540. The number of amides is 2. The number of carbonyl (C=O) groups excluding carboxylic acids is 1. The molecule has 0 radical (unpaired) electrons. The van der Waals surface area contributed by atoms with Crippen LogP contribution in [0.3, 0.4) is 0 Å². The Kier molecular flexibility index (Phi) is 8.94. The van der Waals surface area contributed by atoms with E-state index in [4.69, 9.17) is 4.74 Å². The Morgan fingerprint density at radius 3 is 2.62 bits per heavy atom. The predicted octanol–water partition coefficient (Wildman–Crippen LogP) is 0.729. The lowest BCUT2D eigenvalue weighted by atomic mass is 10.1.